The molecule has 0 bridgehead atoms. The van der Waals surface area contributed by atoms with Gasteiger partial charge in [-0.25, -0.2) is 9.07 Å². The normalized spacial score (nSPS) is 10.7. The number of methoxy groups -OCH3 is 1. The Balaban J connectivity index is 2.45. The van der Waals surface area contributed by atoms with Gasteiger partial charge in [0, 0.05) is 5.69 Å². The van der Waals surface area contributed by atoms with Crippen LogP contribution in [0.15, 0.2) is 34.2 Å². The number of hydrogen-bond donors (Lipinski definition) is 0. The molecule has 5 nitrogen and oxygen atoms in total. The zero-order valence-corrected chi connectivity index (χ0v) is 12.4. The number of aryl methyl sites for hydroxylation is 2. The average Bonchev–Trinajstić information content (AvgIpc) is 2.47. The number of rotatable bonds is 3. The Morgan fingerprint density at radius 3 is 2.68 bits per heavy atom. The molecule has 2 aromatic rings. The molecule has 0 amide bonds. The lowest BCUT2D eigenvalue weighted by atomic mass is 10.1. The predicted molar refractivity (Wildman–Crippen MR) is 80.8 cm³/mol. The Morgan fingerprint density at radius 1 is 1.36 bits per heavy atom. The van der Waals surface area contributed by atoms with Crippen LogP contribution in [0.3, 0.4) is 0 Å². The molecule has 0 aliphatic heterocycles. The Kier molecular flexibility index (Phi) is 4.37. The summed E-state index contributed by atoms with van der Waals surface area (Å²) in [7, 11) is 1.38. The van der Waals surface area contributed by atoms with E-state index in [2.05, 4.69) is 5.10 Å². The van der Waals surface area contributed by atoms with E-state index < -0.39 is 11.4 Å². The molecular formula is C16H14FN3O2. The topological polar surface area (TPSA) is 67.4 Å². The van der Waals surface area contributed by atoms with Gasteiger partial charge < -0.3 is 4.74 Å². The van der Waals surface area contributed by atoms with Crippen molar-refractivity contribution in [3.8, 4) is 11.8 Å². The van der Waals surface area contributed by atoms with Gasteiger partial charge in [-0.1, -0.05) is 0 Å². The molecule has 1 aromatic heterocycles. The Labute approximate surface area is 126 Å². The molecule has 1 aromatic carbocycles. The zero-order valence-electron chi connectivity index (χ0n) is 12.4. The number of pyridine rings is 1. The van der Waals surface area contributed by atoms with Crippen molar-refractivity contribution in [2.24, 2.45) is 5.10 Å². The third-order valence-corrected chi connectivity index (χ3v) is 3.17. The third kappa shape index (κ3) is 2.88. The predicted octanol–water partition coefficient (Wildman–Crippen LogP) is 2.37. The number of nitrogens with zero attached hydrogens (tertiary/aromatic N) is 3. The second-order valence-electron chi connectivity index (χ2n) is 4.71. The van der Waals surface area contributed by atoms with E-state index in [4.69, 9.17) is 10.00 Å². The summed E-state index contributed by atoms with van der Waals surface area (Å²) in [6.45, 7) is 3.40. The summed E-state index contributed by atoms with van der Waals surface area (Å²) >= 11 is 0. The lowest BCUT2D eigenvalue weighted by Gasteiger charge is -2.06. The van der Waals surface area contributed by atoms with Gasteiger partial charge in [-0.05, 0) is 49.2 Å². The molecule has 0 radical (unpaired) electrons. The first kappa shape index (κ1) is 15.4. The summed E-state index contributed by atoms with van der Waals surface area (Å²) in [6, 6.07) is 7.91. The highest BCUT2D eigenvalue weighted by molar-refractivity contribution is 5.79. The first-order chi connectivity index (χ1) is 10.5. The monoisotopic (exact) mass is 299 g/mol. The summed E-state index contributed by atoms with van der Waals surface area (Å²) in [5.41, 5.74) is 1.22. The van der Waals surface area contributed by atoms with Gasteiger partial charge in [-0.15, -0.1) is 0 Å². The van der Waals surface area contributed by atoms with E-state index >= 15 is 0 Å². The van der Waals surface area contributed by atoms with Gasteiger partial charge in [-0.2, -0.15) is 10.4 Å². The fourth-order valence-electron chi connectivity index (χ4n) is 2.05. The van der Waals surface area contributed by atoms with Gasteiger partial charge in [0.2, 0.25) is 0 Å². The van der Waals surface area contributed by atoms with E-state index in [-0.39, 0.29) is 11.3 Å². The Morgan fingerprint density at radius 2 is 2.09 bits per heavy atom. The maximum absolute atomic E-state index is 13.6. The van der Waals surface area contributed by atoms with Gasteiger partial charge in [0.15, 0.2) is 11.6 Å². The van der Waals surface area contributed by atoms with Crippen molar-refractivity contribution in [2.45, 2.75) is 13.8 Å². The summed E-state index contributed by atoms with van der Waals surface area (Å²) in [5, 5.41) is 13.1. The van der Waals surface area contributed by atoms with Gasteiger partial charge in [0.05, 0.1) is 13.3 Å². The molecule has 1 heterocycles. The molecule has 0 spiro atoms. The molecule has 0 N–H and O–H groups in total. The van der Waals surface area contributed by atoms with Gasteiger partial charge in [0.25, 0.3) is 5.56 Å². The van der Waals surface area contributed by atoms with Gasteiger partial charge in [0.1, 0.15) is 11.6 Å². The molecule has 2 rings (SSSR count). The lowest BCUT2D eigenvalue weighted by molar-refractivity contribution is 0.386. The van der Waals surface area contributed by atoms with Crippen molar-refractivity contribution in [3.63, 3.8) is 0 Å². The van der Waals surface area contributed by atoms with Crippen molar-refractivity contribution < 1.29 is 9.13 Å². The Bertz CT molecular complexity index is 848. The number of benzene rings is 1. The Hall–Kier alpha value is -2.94. The van der Waals surface area contributed by atoms with E-state index in [0.717, 1.165) is 4.68 Å². The zero-order chi connectivity index (χ0) is 16.3. The van der Waals surface area contributed by atoms with Crippen molar-refractivity contribution in [2.75, 3.05) is 7.11 Å². The van der Waals surface area contributed by atoms with Crippen LogP contribution in [0, 0.1) is 31.0 Å². The summed E-state index contributed by atoms with van der Waals surface area (Å²) < 4.78 is 19.6. The van der Waals surface area contributed by atoms with Crippen LogP contribution in [-0.2, 0) is 0 Å². The van der Waals surface area contributed by atoms with Crippen LogP contribution >= 0.6 is 0 Å². The van der Waals surface area contributed by atoms with Gasteiger partial charge >= 0.3 is 0 Å². The molecule has 22 heavy (non-hydrogen) atoms. The van der Waals surface area contributed by atoms with Crippen molar-refractivity contribution in [1.82, 2.24) is 4.68 Å². The van der Waals surface area contributed by atoms with Crippen LogP contribution in [0.2, 0.25) is 0 Å². The van der Waals surface area contributed by atoms with Crippen LogP contribution < -0.4 is 10.3 Å². The number of nitriles is 1. The van der Waals surface area contributed by atoms with Crippen LogP contribution in [-0.4, -0.2) is 18.0 Å². The minimum Gasteiger partial charge on any atom is -0.494 e. The fourth-order valence-corrected chi connectivity index (χ4v) is 2.05. The summed E-state index contributed by atoms with van der Waals surface area (Å²) in [6.07, 6.45) is 1.35. The van der Waals surface area contributed by atoms with E-state index in [9.17, 15) is 9.18 Å². The summed E-state index contributed by atoms with van der Waals surface area (Å²) in [5.74, 6) is -0.385. The first-order valence-corrected chi connectivity index (χ1v) is 6.49. The highest BCUT2D eigenvalue weighted by Gasteiger charge is 2.09. The third-order valence-electron chi connectivity index (χ3n) is 3.17. The number of halogens is 1. The highest BCUT2D eigenvalue weighted by Crippen LogP contribution is 2.16. The lowest BCUT2D eigenvalue weighted by Crippen LogP contribution is -2.22. The molecule has 0 unspecified atom stereocenters. The van der Waals surface area contributed by atoms with E-state index in [1.165, 1.54) is 25.5 Å². The van der Waals surface area contributed by atoms with E-state index in [1.54, 1.807) is 26.0 Å². The molecule has 0 fully saturated rings. The van der Waals surface area contributed by atoms with Crippen molar-refractivity contribution in [3.05, 3.63) is 62.8 Å². The van der Waals surface area contributed by atoms with E-state index in [1.807, 2.05) is 6.07 Å². The smallest absolute Gasteiger partial charge is 0.289 e. The van der Waals surface area contributed by atoms with Crippen LogP contribution in [0.1, 0.15) is 22.4 Å². The molecule has 6 heteroatoms. The maximum atomic E-state index is 13.6. The quantitative estimate of drug-likeness (QED) is 0.817. The van der Waals surface area contributed by atoms with Gasteiger partial charge in [-0.3, -0.25) is 4.79 Å². The standard InChI is InChI=1S/C16H14FN3O2/c1-10-6-11(2)20(16(21)13(10)8-18)19-9-12-4-5-15(22-3)14(17)7-12/h4-7,9H,1-3H3/b19-9-. The molecule has 0 saturated carbocycles. The van der Waals surface area contributed by atoms with Crippen molar-refractivity contribution in [1.29, 1.82) is 5.26 Å². The maximum Gasteiger partial charge on any atom is 0.289 e. The summed E-state index contributed by atoms with van der Waals surface area (Å²) in [4.78, 5) is 12.2. The fraction of sp³-hybridized carbons (Fsp3) is 0.188. The van der Waals surface area contributed by atoms with Crippen LogP contribution in [0.25, 0.3) is 0 Å². The number of aromatic nitrogens is 1. The minimum absolute atomic E-state index is 0.0451. The SMILES string of the molecule is COc1ccc(/C=N\n2c(C)cc(C)c(C#N)c2=O)cc1F. The highest BCUT2D eigenvalue weighted by atomic mass is 19.1. The van der Waals surface area contributed by atoms with Crippen molar-refractivity contribution >= 4 is 6.21 Å². The van der Waals surface area contributed by atoms with Crippen LogP contribution in [0.4, 0.5) is 4.39 Å². The second kappa shape index (κ2) is 6.22. The van der Waals surface area contributed by atoms with E-state index in [0.29, 0.717) is 16.8 Å². The number of ether oxygens (including phenoxy) is 1. The average molecular weight is 299 g/mol. The molecule has 0 saturated heterocycles. The minimum atomic E-state index is -0.517. The molecular weight excluding hydrogens is 285 g/mol. The molecule has 0 aliphatic carbocycles. The number of hydrogen-bond acceptors (Lipinski definition) is 4. The molecule has 112 valence electrons. The second-order valence-corrected chi connectivity index (χ2v) is 4.71. The first-order valence-electron chi connectivity index (χ1n) is 6.49. The van der Waals surface area contributed by atoms with Crippen LogP contribution in [0.5, 0.6) is 5.75 Å². The molecule has 0 aliphatic rings. The molecule has 0 atom stereocenters. The largest absolute Gasteiger partial charge is 0.494 e.